The molecule has 0 aliphatic rings. The van der Waals surface area contributed by atoms with E-state index in [0.29, 0.717) is 22.6 Å². The maximum absolute atomic E-state index is 13.2. The Kier molecular flexibility index (Phi) is 4.11. The molecule has 1 N–H and O–H groups in total. The Labute approximate surface area is 135 Å². The fourth-order valence-corrected chi connectivity index (χ4v) is 4.23. The van der Waals surface area contributed by atoms with Crippen LogP contribution in [0.15, 0.2) is 24.5 Å². The van der Waals surface area contributed by atoms with E-state index in [1.165, 1.54) is 18.5 Å². The van der Waals surface area contributed by atoms with E-state index in [9.17, 15) is 9.18 Å². The van der Waals surface area contributed by atoms with Gasteiger partial charge in [0.1, 0.15) is 0 Å². The van der Waals surface area contributed by atoms with Crippen LogP contribution in [0.4, 0.5) is 15.9 Å². The second kappa shape index (κ2) is 6.04. The molecule has 22 heavy (non-hydrogen) atoms. The number of halogens is 2. The van der Waals surface area contributed by atoms with Crippen molar-refractivity contribution in [3.8, 4) is 4.62 Å². The van der Waals surface area contributed by atoms with E-state index >= 15 is 0 Å². The van der Waals surface area contributed by atoms with Crippen molar-refractivity contribution >= 4 is 53.9 Å². The molecular formula is C14H9ClFN3O2Se. The van der Waals surface area contributed by atoms with Gasteiger partial charge in [0.05, 0.1) is 0 Å². The number of rotatable bonds is 4. The van der Waals surface area contributed by atoms with Crippen molar-refractivity contribution in [2.75, 3.05) is 5.32 Å². The third kappa shape index (κ3) is 2.70. The van der Waals surface area contributed by atoms with E-state index in [1.807, 2.05) is 6.92 Å². The van der Waals surface area contributed by atoms with E-state index in [4.69, 9.17) is 16.3 Å². The second-order valence-corrected chi connectivity index (χ2v) is 6.81. The minimum absolute atomic E-state index is 0.0251. The number of carbonyl (C=O) groups excluding carboxylic acids is 1. The molecule has 0 aliphatic heterocycles. The number of hydrogen-bond donors (Lipinski definition) is 1. The third-order valence-corrected chi connectivity index (χ3v) is 5.60. The molecular weight excluding hydrogens is 376 g/mol. The van der Waals surface area contributed by atoms with Crippen LogP contribution in [0.5, 0.6) is 4.62 Å². The zero-order chi connectivity index (χ0) is 15.7. The first-order valence-corrected chi connectivity index (χ1v) is 8.25. The Morgan fingerprint density at radius 3 is 2.95 bits per heavy atom. The number of aromatic nitrogens is 2. The van der Waals surface area contributed by atoms with Gasteiger partial charge in [-0.05, 0) is 0 Å². The van der Waals surface area contributed by atoms with Crippen LogP contribution in [-0.2, 0) is 4.79 Å². The minimum atomic E-state index is -0.485. The van der Waals surface area contributed by atoms with Crippen molar-refractivity contribution in [1.29, 1.82) is 0 Å². The first-order valence-electron chi connectivity index (χ1n) is 6.16. The molecule has 0 unspecified atom stereocenters. The molecule has 5 nitrogen and oxygen atoms in total. The zero-order valence-corrected chi connectivity index (χ0v) is 13.7. The van der Waals surface area contributed by atoms with E-state index in [0.717, 1.165) is 15.3 Å². The number of aryl methyl sites for hydroxylation is 1. The van der Waals surface area contributed by atoms with Crippen LogP contribution in [0.2, 0.25) is 5.02 Å². The summed E-state index contributed by atoms with van der Waals surface area (Å²) < 4.78 is 19.6. The molecule has 0 amide bonds. The summed E-state index contributed by atoms with van der Waals surface area (Å²) >= 11 is 5.60. The second-order valence-electron chi connectivity index (χ2n) is 4.38. The number of nitrogens with one attached hydrogen (secondary N) is 1. The fourth-order valence-electron chi connectivity index (χ4n) is 2.01. The SMILES string of the molecule is Cc1c(OC=O)[se]c2ncnc(Nc3ccc(F)c(Cl)c3)c12. The third-order valence-electron chi connectivity index (χ3n) is 3.02. The number of ether oxygens (including phenoxy) is 1. The molecule has 0 bridgehead atoms. The molecule has 8 heteroatoms. The van der Waals surface area contributed by atoms with Crippen LogP contribution < -0.4 is 10.1 Å². The van der Waals surface area contributed by atoms with Crippen LogP contribution in [-0.4, -0.2) is 30.9 Å². The van der Waals surface area contributed by atoms with Crippen molar-refractivity contribution in [3.05, 3.63) is 40.9 Å². The molecule has 0 radical (unpaired) electrons. The molecule has 0 fully saturated rings. The molecule has 0 saturated carbocycles. The first-order chi connectivity index (χ1) is 10.6. The predicted molar refractivity (Wildman–Crippen MR) is 82.6 cm³/mol. The van der Waals surface area contributed by atoms with Gasteiger partial charge in [0.15, 0.2) is 0 Å². The van der Waals surface area contributed by atoms with Gasteiger partial charge in [-0.15, -0.1) is 0 Å². The van der Waals surface area contributed by atoms with Gasteiger partial charge in [0, 0.05) is 0 Å². The summed E-state index contributed by atoms with van der Waals surface area (Å²) in [6, 6.07) is 4.32. The van der Waals surface area contributed by atoms with Crippen molar-refractivity contribution in [2.24, 2.45) is 0 Å². The standard InChI is InChI=1S/C14H9ClFN3O2Se/c1-7-11-12(19-8-2-3-10(16)9(15)4-8)17-5-18-13(11)22-14(7)21-6-20/h2-6H,1H3,(H,17,18,19). The Morgan fingerprint density at radius 1 is 1.41 bits per heavy atom. The van der Waals surface area contributed by atoms with Gasteiger partial charge in [-0.2, -0.15) is 0 Å². The van der Waals surface area contributed by atoms with E-state index in [2.05, 4.69) is 15.3 Å². The molecule has 0 aliphatic carbocycles. The van der Waals surface area contributed by atoms with Gasteiger partial charge in [0.2, 0.25) is 0 Å². The predicted octanol–water partition coefficient (Wildman–Crippen LogP) is 3.07. The van der Waals surface area contributed by atoms with Crippen LogP contribution in [0, 0.1) is 12.7 Å². The summed E-state index contributed by atoms with van der Waals surface area (Å²) in [5, 5.41) is 3.93. The first kappa shape index (κ1) is 15.0. The fraction of sp³-hybridized carbons (Fsp3) is 0.0714. The molecule has 0 spiro atoms. The summed E-state index contributed by atoms with van der Waals surface area (Å²) in [6.07, 6.45) is 1.44. The molecule has 2 aromatic heterocycles. The number of benzene rings is 1. The maximum atomic E-state index is 13.2. The Hall–Kier alpha value is -1.95. The van der Waals surface area contributed by atoms with Crippen molar-refractivity contribution in [3.63, 3.8) is 0 Å². The quantitative estimate of drug-likeness (QED) is 0.553. The summed E-state index contributed by atoms with van der Waals surface area (Å²) in [4.78, 5) is 19.0. The molecule has 2 heterocycles. The number of nitrogens with zero attached hydrogens (tertiary/aromatic N) is 2. The summed E-state index contributed by atoms with van der Waals surface area (Å²) in [6.45, 7) is 2.26. The van der Waals surface area contributed by atoms with Gasteiger partial charge in [0.25, 0.3) is 0 Å². The Morgan fingerprint density at radius 2 is 2.23 bits per heavy atom. The van der Waals surface area contributed by atoms with Gasteiger partial charge in [-0.3, -0.25) is 0 Å². The molecule has 0 atom stereocenters. The normalized spacial score (nSPS) is 10.7. The van der Waals surface area contributed by atoms with E-state index < -0.39 is 5.82 Å². The van der Waals surface area contributed by atoms with Gasteiger partial charge in [-0.1, -0.05) is 0 Å². The van der Waals surface area contributed by atoms with Gasteiger partial charge in [-0.25, -0.2) is 0 Å². The monoisotopic (exact) mass is 385 g/mol. The molecule has 112 valence electrons. The van der Waals surface area contributed by atoms with E-state index in [-0.39, 0.29) is 19.5 Å². The van der Waals surface area contributed by atoms with Crippen LogP contribution in [0.25, 0.3) is 9.78 Å². The Balaban J connectivity index is 2.06. The van der Waals surface area contributed by atoms with Crippen molar-refractivity contribution < 1.29 is 13.9 Å². The van der Waals surface area contributed by atoms with Gasteiger partial charge >= 0.3 is 136 Å². The average molecular weight is 385 g/mol. The van der Waals surface area contributed by atoms with Crippen LogP contribution in [0.1, 0.15) is 5.56 Å². The summed E-state index contributed by atoms with van der Waals surface area (Å²) in [5.74, 6) is 0.0813. The summed E-state index contributed by atoms with van der Waals surface area (Å²) in [5.41, 5.74) is 1.43. The number of hydrogen-bond acceptors (Lipinski definition) is 5. The van der Waals surface area contributed by atoms with E-state index in [1.54, 1.807) is 6.07 Å². The Bertz CT molecular complexity index is 869. The topological polar surface area (TPSA) is 64.1 Å². The van der Waals surface area contributed by atoms with Crippen LogP contribution in [0.3, 0.4) is 0 Å². The molecule has 3 aromatic rings. The average Bonchev–Trinajstić information content (AvgIpc) is 2.81. The van der Waals surface area contributed by atoms with Crippen molar-refractivity contribution in [2.45, 2.75) is 6.92 Å². The number of anilines is 2. The zero-order valence-electron chi connectivity index (χ0n) is 11.3. The molecule has 3 rings (SSSR count). The molecule has 0 saturated heterocycles. The summed E-state index contributed by atoms with van der Waals surface area (Å²) in [7, 11) is 0. The van der Waals surface area contributed by atoms with Crippen LogP contribution >= 0.6 is 11.6 Å². The number of carbonyl (C=O) groups is 1. The molecule has 1 aromatic carbocycles. The van der Waals surface area contributed by atoms with Gasteiger partial charge < -0.3 is 0 Å². The van der Waals surface area contributed by atoms with Crippen molar-refractivity contribution in [1.82, 2.24) is 9.97 Å². The number of fused-ring (bicyclic) bond motifs is 1.